The van der Waals surface area contributed by atoms with Crippen LogP contribution in [-0.4, -0.2) is 51.3 Å². The van der Waals surface area contributed by atoms with Crippen LogP contribution in [0, 0.1) is 5.82 Å². The maximum absolute atomic E-state index is 13.4. The number of anilines is 1. The van der Waals surface area contributed by atoms with Crippen molar-refractivity contribution < 1.29 is 9.13 Å². The Bertz CT molecular complexity index is 1010. The second kappa shape index (κ2) is 7.25. The van der Waals surface area contributed by atoms with Gasteiger partial charge < -0.3 is 9.64 Å². The molecule has 0 aliphatic carbocycles. The Labute approximate surface area is 167 Å². The average Bonchev–Trinajstić information content (AvgIpc) is 3.06. The minimum absolute atomic E-state index is 0.238. The molecule has 0 radical (unpaired) electrons. The van der Waals surface area contributed by atoms with Crippen LogP contribution < -0.4 is 4.90 Å². The fourth-order valence-electron chi connectivity index (χ4n) is 3.09. The van der Waals surface area contributed by atoms with Crippen molar-refractivity contribution in [1.29, 1.82) is 0 Å². The zero-order valence-electron chi connectivity index (χ0n) is 16.1. The summed E-state index contributed by atoms with van der Waals surface area (Å²) >= 11 is 6.20. The molecule has 1 aromatic carbocycles. The maximum Gasteiger partial charge on any atom is 0.184 e. The second-order valence-corrected chi connectivity index (χ2v) is 8.28. The third kappa shape index (κ3) is 3.66. The third-order valence-electron chi connectivity index (χ3n) is 4.66. The Morgan fingerprint density at radius 3 is 2.61 bits per heavy atom. The molecule has 2 aromatic heterocycles. The summed E-state index contributed by atoms with van der Waals surface area (Å²) in [5.74, 6) is 1.12. The highest BCUT2D eigenvalue weighted by Gasteiger charge is 2.26. The molecule has 0 bridgehead atoms. The van der Waals surface area contributed by atoms with Gasteiger partial charge >= 0.3 is 0 Å². The van der Waals surface area contributed by atoms with Crippen molar-refractivity contribution in [2.75, 3.05) is 31.2 Å². The van der Waals surface area contributed by atoms with E-state index in [0.29, 0.717) is 35.9 Å². The van der Waals surface area contributed by atoms with Gasteiger partial charge in [-0.25, -0.2) is 19.0 Å². The zero-order valence-corrected chi connectivity index (χ0v) is 16.9. The van der Waals surface area contributed by atoms with E-state index in [0.717, 1.165) is 30.3 Å². The van der Waals surface area contributed by atoms with Crippen LogP contribution >= 0.6 is 11.6 Å². The van der Waals surface area contributed by atoms with Crippen molar-refractivity contribution in [1.82, 2.24) is 25.0 Å². The van der Waals surface area contributed by atoms with E-state index in [1.165, 1.54) is 12.1 Å². The van der Waals surface area contributed by atoms with Gasteiger partial charge in [-0.2, -0.15) is 0 Å². The van der Waals surface area contributed by atoms with Gasteiger partial charge in [0.1, 0.15) is 11.6 Å². The average molecular weight is 405 g/mol. The van der Waals surface area contributed by atoms with Gasteiger partial charge in [0.05, 0.1) is 19.8 Å². The lowest BCUT2D eigenvalue weighted by Gasteiger charge is -2.29. The highest BCUT2D eigenvalue weighted by Crippen LogP contribution is 2.28. The van der Waals surface area contributed by atoms with Gasteiger partial charge in [0, 0.05) is 23.5 Å². The van der Waals surface area contributed by atoms with Crippen LogP contribution in [0.5, 0.6) is 0 Å². The van der Waals surface area contributed by atoms with Crippen molar-refractivity contribution in [2.45, 2.75) is 32.7 Å². The lowest BCUT2D eigenvalue weighted by molar-refractivity contribution is 0.122. The highest BCUT2D eigenvalue weighted by molar-refractivity contribution is 6.31. The van der Waals surface area contributed by atoms with Gasteiger partial charge in [-0.15, -0.1) is 5.10 Å². The van der Waals surface area contributed by atoms with Gasteiger partial charge in [-0.1, -0.05) is 43.7 Å². The molecule has 0 saturated carbocycles. The molecule has 0 spiro atoms. The zero-order chi connectivity index (χ0) is 19.9. The van der Waals surface area contributed by atoms with Gasteiger partial charge in [-0.05, 0) is 17.7 Å². The van der Waals surface area contributed by atoms with Gasteiger partial charge in [0.2, 0.25) is 0 Å². The number of aromatic nitrogens is 5. The topological polar surface area (TPSA) is 69.0 Å². The number of morpholine rings is 1. The molecule has 9 heteroatoms. The second-order valence-electron chi connectivity index (χ2n) is 7.88. The summed E-state index contributed by atoms with van der Waals surface area (Å²) in [6, 6.07) is 4.33. The molecule has 1 aliphatic rings. The van der Waals surface area contributed by atoms with Crippen LogP contribution in [-0.2, 0) is 16.7 Å². The van der Waals surface area contributed by atoms with E-state index < -0.39 is 0 Å². The predicted molar refractivity (Wildman–Crippen MR) is 105 cm³/mol. The molecule has 0 N–H and O–H groups in total. The molecule has 3 aromatic rings. The van der Waals surface area contributed by atoms with E-state index in [1.54, 1.807) is 10.7 Å². The van der Waals surface area contributed by atoms with Crippen LogP contribution in [0.3, 0.4) is 0 Å². The summed E-state index contributed by atoms with van der Waals surface area (Å²) in [4.78, 5) is 11.7. The molecule has 1 fully saturated rings. The number of fused-ring (bicyclic) bond motifs is 1. The summed E-state index contributed by atoms with van der Waals surface area (Å²) in [6.45, 7) is 9.34. The Kier molecular flexibility index (Phi) is 4.93. The quantitative estimate of drug-likeness (QED) is 0.667. The summed E-state index contributed by atoms with van der Waals surface area (Å²) in [7, 11) is 0. The van der Waals surface area contributed by atoms with Crippen molar-refractivity contribution in [3.8, 4) is 0 Å². The van der Waals surface area contributed by atoms with Crippen LogP contribution in [0.2, 0.25) is 5.02 Å². The van der Waals surface area contributed by atoms with Crippen molar-refractivity contribution in [2.24, 2.45) is 0 Å². The number of nitrogens with zero attached hydrogens (tertiary/aromatic N) is 6. The molecule has 1 aliphatic heterocycles. The third-order valence-corrected chi connectivity index (χ3v) is 5.01. The Morgan fingerprint density at radius 2 is 1.93 bits per heavy atom. The molecule has 0 atom stereocenters. The molecular weight excluding hydrogens is 383 g/mol. The van der Waals surface area contributed by atoms with Gasteiger partial charge in [0.15, 0.2) is 17.0 Å². The summed E-state index contributed by atoms with van der Waals surface area (Å²) < 4.78 is 20.5. The van der Waals surface area contributed by atoms with E-state index in [4.69, 9.17) is 26.3 Å². The first-order valence-corrected chi connectivity index (χ1v) is 9.59. The molecule has 148 valence electrons. The van der Waals surface area contributed by atoms with Crippen LogP contribution in [0.1, 0.15) is 32.2 Å². The monoisotopic (exact) mass is 404 g/mol. The maximum atomic E-state index is 13.4. The smallest absolute Gasteiger partial charge is 0.184 e. The molecular formula is C19H22ClFN6O. The standard InChI is InChI=1S/C19H22ClFN6O/c1-19(2,3)18-22-16(26-6-8-28-9-7-26)15-17(23-18)27(25-24-15)11-12-4-5-13(21)10-14(12)20/h4-5,10H,6-9,11H2,1-3H3. The highest BCUT2D eigenvalue weighted by atomic mass is 35.5. The van der Waals surface area contributed by atoms with E-state index in [1.807, 2.05) is 0 Å². The predicted octanol–water partition coefficient (Wildman–Crippen LogP) is 3.20. The minimum atomic E-state index is -0.371. The minimum Gasteiger partial charge on any atom is -0.378 e. The normalized spacial score (nSPS) is 15.4. The summed E-state index contributed by atoms with van der Waals surface area (Å²) in [5.41, 5.74) is 1.80. The van der Waals surface area contributed by atoms with E-state index in [2.05, 4.69) is 36.0 Å². The lowest BCUT2D eigenvalue weighted by Crippen LogP contribution is -2.37. The number of ether oxygens (including phenoxy) is 1. The first kappa shape index (κ1) is 19.0. The molecule has 0 amide bonds. The molecule has 0 unspecified atom stereocenters. The summed E-state index contributed by atoms with van der Waals surface area (Å²) in [6.07, 6.45) is 0. The molecule has 28 heavy (non-hydrogen) atoms. The number of hydrogen-bond donors (Lipinski definition) is 0. The Balaban J connectivity index is 1.82. The molecule has 3 heterocycles. The van der Waals surface area contributed by atoms with Crippen LogP contribution in [0.15, 0.2) is 18.2 Å². The molecule has 1 saturated heterocycles. The van der Waals surface area contributed by atoms with Gasteiger partial charge in [-0.3, -0.25) is 0 Å². The number of halogens is 2. The number of rotatable bonds is 3. The van der Waals surface area contributed by atoms with Crippen molar-refractivity contribution >= 4 is 28.6 Å². The van der Waals surface area contributed by atoms with Crippen LogP contribution in [0.25, 0.3) is 11.2 Å². The van der Waals surface area contributed by atoms with Crippen LogP contribution in [0.4, 0.5) is 10.2 Å². The Morgan fingerprint density at radius 1 is 1.18 bits per heavy atom. The van der Waals surface area contributed by atoms with E-state index >= 15 is 0 Å². The lowest BCUT2D eigenvalue weighted by atomic mass is 9.95. The van der Waals surface area contributed by atoms with Crippen molar-refractivity contribution in [3.63, 3.8) is 0 Å². The first-order valence-electron chi connectivity index (χ1n) is 9.21. The van der Waals surface area contributed by atoms with E-state index in [-0.39, 0.29) is 11.2 Å². The summed E-state index contributed by atoms with van der Waals surface area (Å²) in [5, 5.41) is 8.98. The van der Waals surface area contributed by atoms with Crippen molar-refractivity contribution in [3.05, 3.63) is 40.4 Å². The Hall–Kier alpha value is -2.32. The number of benzene rings is 1. The first-order chi connectivity index (χ1) is 13.3. The van der Waals surface area contributed by atoms with Gasteiger partial charge in [0.25, 0.3) is 0 Å². The SMILES string of the molecule is CC(C)(C)c1nc(N2CCOCC2)c2nnn(Cc3ccc(F)cc3Cl)c2n1. The fraction of sp³-hybridized carbons (Fsp3) is 0.474. The number of hydrogen-bond acceptors (Lipinski definition) is 6. The molecule has 4 rings (SSSR count). The largest absolute Gasteiger partial charge is 0.378 e. The van der Waals surface area contributed by atoms with E-state index in [9.17, 15) is 4.39 Å². The molecule has 7 nitrogen and oxygen atoms in total. The fourth-order valence-corrected chi connectivity index (χ4v) is 3.32.